The number of rotatable bonds is 2. The van der Waals surface area contributed by atoms with Gasteiger partial charge in [-0.05, 0) is 15.5 Å². The van der Waals surface area contributed by atoms with E-state index in [0.717, 1.165) is 0 Å². The second-order valence-corrected chi connectivity index (χ2v) is 17.9. The first-order valence-electron chi connectivity index (χ1n) is 5.30. The smallest absolute Gasteiger partial charge is 0.0857 e. The van der Waals surface area contributed by atoms with Crippen LogP contribution in [0.2, 0.25) is 39.3 Å². The molecule has 0 amide bonds. The van der Waals surface area contributed by atoms with Gasteiger partial charge in [0.2, 0.25) is 0 Å². The van der Waals surface area contributed by atoms with Crippen molar-refractivity contribution >= 4 is 27.9 Å². The minimum atomic E-state index is -1.07. The molecule has 0 saturated heterocycles. The van der Waals surface area contributed by atoms with Gasteiger partial charge in [-0.25, -0.2) is 0 Å². The highest BCUT2D eigenvalue weighted by Crippen LogP contribution is 2.40. The lowest BCUT2D eigenvalue weighted by Gasteiger charge is -2.29. The first-order valence-corrected chi connectivity index (χ1v) is 13.1. The number of hydrogen-bond donors (Lipinski definition) is 0. The van der Waals surface area contributed by atoms with E-state index in [1.807, 2.05) is 0 Å². The van der Waals surface area contributed by atoms with Crippen molar-refractivity contribution in [1.29, 1.82) is 0 Å². The summed E-state index contributed by atoms with van der Waals surface area (Å²) in [4.78, 5) is 0. The maximum absolute atomic E-state index is 2.44. The molecule has 1 rings (SSSR count). The van der Waals surface area contributed by atoms with Gasteiger partial charge in [-0.2, -0.15) is 0 Å². The third kappa shape index (κ3) is 3.14. The summed E-state index contributed by atoms with van der Waals surface area (Å²) in [5, 5.41) is 0. The summed E-state index contributed by atoms with van der Waals surface area (Å²) >= 11 is 2.09. The molecule has 0 aromatic carbocycles. The fourth-order valence-electron chi connectivity index (χ4n) is 1.39. The average molecular weight is 243 g/mol. The predicted octanol–water partition coefficient (Wildman–Crippen LogP) is 4.65. The number of allylic oxidation sites excluding steroid dienone is 2. The van der Waals surface area contributed by atoms with Crippen molar-refractivity contribution in [2.75, 3.05) is 0 Å². The van der Waals surface area contributed by atoms with Crippen LogP contribution in [0.15, 0.2) is 21.2 Å². The monoisotopic (exact) mass is 242 g/mol. The van der Waals surface area contributed by atoms with Crippen LogP contribution in [-0.2, 0) is 0 Å². The zero-order chi connectivity index (χ0) is 11.0. The second-order valence-electron chi connectivity index (χ2n) is 5.97. The highest BCUT2D eigenvalue weighted by atomic mass is 32.2. The second kappa shape index (κ2) is 4.02. The molecule has 0 aliphatic carbocycles. The van der Waals surface area contributed by atoms with Gasteiger partial charge in [0.05, 0.1) is 16.1 Å². The molecule has 0 aromatic heterocycles. The van der Waals surface area contributed by atoms with Crippen LogP contribution < -0.4 is 0 Å². The van der Waals surface area contributed by atoms with Gasteiger partial charge in [-0.1, -0.05) is 51.4 Å². The Hall–Kier alpha value is 0.264. The van der Waals surface area contributed by atoms with E-state index in [1.165, 1.54) is 6.42 Å². The van der Waals surface area contributed by atoms with Crippen LogP contribution in [0.3, 0.4) is 0 Å². The average Bonchev–Trinajstić information content (AvgIpc) is 2.01. The third-order valence-corrected chi connectivity index (χ3v) is 10.7. The topological polar surface area (TPSA) is 0 Å². The van der Waals surface area contributed by atoms with Gasteiger partial charge >= 0.3 is 0 Å². The molecule has 0 unspecified atom stereocenters. The fraction of sp³-hybridized carbons (Fsp3) is 0.636. The lowest BCUT2D eigenvalue weighted by molar-refractivity contribution is 1.37. The molecule has 1 aliphatic rings. The minimum Gasteiger partial charge on any atom is -0.109 e. The van der Waals surface area contributed by atoms with Crippen molar-refractivity contribution < 1.29 is 0 Å². The van der Waals surface area contributed by atoms with E-state index < -0.39 is 16.1 Å². The Labute approximate surface area is 94.9 Å². The van der Waals surface area contributed by atoms with E-state index in [0.29, 0.717) is 0 Å². The molecule has 0 saturated carbocycles. The van der Waals surface area contributed by atoms with Crippen LogP contribution in [0.4, 0.5) is 0 Å². The molecule has 0 bridgehead atoms. The Morgan fingerprint density at radius 3 is 1.50 bits per heavy atom. The first-order chi connectivity index (χ1) is 6.21. The highest BCUT2D eigenvalue weighted by molar-refractivity contribution is 8.10. The van der Waals surface area contributed by atoms with Crippen LogP contribution in [-0.4, -0.2) is 16.1 Å². The fourth-order valence-corrected chi connectivity index (χ4v) is 6.87. The first kappa shape index (κ1) is 12.3. The van der Waals surface area contributed by atoms with E-state index in [1.54, 1.807) is 9.06 Å². The quantitative estimate of drug-likeness (QED) is 0.635. The molecule has 0 radical (unpaired) electrons. The van der Waals surface area contributed by atoms with Crippen molar-refractivity contribution in [3.05, 3.63) is 21.2 Å². The Morgan fingerprint density at radius 2 is 1.21 bits per heavy atom. The van der Waals surface area contributed by atoms with Crippen molar-refractivity contribution in [1.82, 2.24) is 0 Å². The Bertz CT molecular complexity index is 249. The lowest BCUT2D eigenvalue weighted by Crippen LogP contribution is -2.28. The third-order valence-electron chi connectivity index (χ3n) is 2.30. The summed E-state index contributed by atoms with van der Waals surface area (Å²) in [5.41, 5.74) is 0. The molecular weight excluding hydrogens is 220 g/mol. The number of thioether (sulfide) groups is 1. The Morgan fingerprint density at radius 1 is 0.857 bits per heavy atom. The van der Waals surface area contributed by atoms with Gasteiger partial charge in [-0.15, -0.1) is 11.8 Å². The van der Waals surface area contributed by atoms with Crippen molar-refractivity contribution in [3.8, 4) is 0 Å². The molecule has 0 aromatic rings. The molecule has 0 spiro atoms. The van der Waals surface area contributed by atoms with Gasteiger partial charge in [0, 0.05) is 0 Å². The van der Waals surface area contributed by atoms with Gasteiger partial charge in [-0.3, -0.25) is 0 Å². The molecule has 0 atom stereocenters. The number of hydrogen-bond acceptors (Lipinski definition) is 1. The Kier molecular flexibility index (Phi) is 3.55. The molecule has 0 fully saturated rings. The van der Waals surface area contributed by atoms with Crippen molar-refractivity contribution in [2.45, 2.75) is 45.7 Å². The normalized spacial score (nSPS) is 19.0. The van der Waals surface area contributed by atoms with Crippen molar-refractivity contribution in [2.24, 2.45) is 0 Å². The predicted molar refractivity (Wildman–Crippen MR) is 75.1 cm³/mol. The summed E-state index contributed by atoms with van der Waals surface area (Å²) in [6.45, 7) is 14.7. The molecule has 80 valence electrons. The molecular formula is C11H22SSi2. The largest absolute Gasteiger partial charge is 0.109 e. The Balaban J connectivity index is 2.79. The maximum Gasteiger partial charge on any atom is 0.0857 e. The van der Waals surface area contributed by atoms with Crippen LogP contribution >= 0.6 is 11.8 Å². The zero-order valence-electron chi connectivity index (χ0n) is 10.3. The molecule has 1 heterocycles. The van der Waals surface area contributed by atoms with Crippen molar-refractivity contribution in [3.63, 3.8) is 0 Å². The molecule has 1 aliphatic heterocycles. The van der Waals surface area contributed by atoms with E-state index in [9.17, 15) is 0 Å². The van der Waals surface area contributed by atoms with Gasteiger partial charge in [0.25, 0.3) is 0 Å². The summed E-state index contributed by atoms with van der Waals surface area (Å²) < 4.78 is 3.38. The molecule has 3 heteroatoms. The minimum absolute atomic E-state index is 1.07. The van der Waals surface area contributed by atoms with Crippen LogP contribution in [0, 0.1) is 0 Å². The van der Waals surface area contributed by atoms with E-state index >= 15 is 0 Å². The zero-order valence-corrected chi connectivity index (χ0v) is 13.1. The van der Waals surface area contributed by atoms with Crippen LogP contribution in [0.5, 0.6) is 0 Å². The standard InChI is InChI=1S/C11H22SSi2/c1-13(2,3)10-8-7-9-11(12-10)14(4,5)6/h8-9H,7H2,1-6H3. The van der Waals surface area contributed by atoms with Gasteiger partial charge in [0.15, 0.2) is 0 Å². The lowest BCUT2D eigenvalue weighted by atomic mass is 10.4. The molecule has 0 nitrogen and oxygen atoms in total. The van der Waals surface area contributed by atoms with E-state index in [4.69, 9.17) is 0 Å². The summed E-state index contributed by atoms with van der Waals surface area (Å²) in [5.74, 6) is 0. The summed E-state index contributed by atoms with van der Waals surface area (Å²) in [7, 11) is -2.14. The van der Waals surface area contributed by atoms with Gasteiger partial charge in [0.1, 0.15) is 0 Å². The van der Waals surface area contributed by atoms with Crippen LogP contribution in [0.25, 0.3) is 0 Å². The highest BCUT2D eigenvalue weighted by Gasteiger charge is 2.28. The van der Waals surface area contributed by atoms with Gasteiger partial charge < -0.3 is 0 Å². The van der Waals surface area contributed by atoms with E-state index in [-0.39, 0.29) is 0 Å². The maximum atomic E-state index is 2.44. The molecule has 14 heavy (non-hydrogen) atoms. The van der Waals surface area contributed by atoms with Crippen LogP contribution in [0.1, 0.15) is 6.42 Å². The summed E-state index contributed by atoms with van der Waals surface area (Å²) in [6.07, 6.45) is 6.06. The SMILES string of the molecule is C[Si](C)(C)C1=CCC=C([Si](C)(C)C)S1. The summed E-state index contributed by atoms with van der Waals surface area (Å²) in [6, 6.07) is 0. The molecule has 0 N–H and O–H groups in total. The van der Waals surface area contributed by atoms with E-state index in [2.05, 4.69) is 63.2 Å².